The number of carbonyl (C=O) groups excluding carboxylic acids is 1. The highest BCUT2D eigenvalue weighted by atomic mass is 32.2. The molecular formula is C15H21N5O4S. The lowest BCUT2D eigenvalue weighted by Gasteiger charge is -2.29. The van der Waals surface area contributed by atoms with E-state index >= 15 is 0 Å². The zero-order chi connectivity index (χ0) is 18.4. The van der Waals surface area contributed by atoms with Crippen molar-refractivity contribution in [2.45, 2.75) is 12.8 Å². The van der Waals surface area contributed by atoms with Crippen molar-refractivity contribution >= 4 is 32.8 Å². The Kier molecular flexibility index (Phi) is 4.43. The van der Waals surface area contributed by atoms with Crippen LogP contribution >= 0.6 is 0 Å². The molecule has 1 aliphatic heterocycles. The molecule has 1 saturated heterocycles. The summed E-state index contributed by atoms with van der Waals surface area (Å²) in [6.07, 6.45) is 0.850. The second kappa shape index (κ2) is 6.28. The van der Waals surface area contributed by atoms with Crippen LogP contribution in [0, 0.1) is 5.92 Å². The van der Waals surface area contributed by atoms with Crippen molar-refractivity contribution in [3.63, 3.8) is 0 Å². The Labute approximate surface area is 145 Å². The maximum Gasteiger partial charge on any atom is 0.328 e. The predicted octanol–water partition coefficient (Wildman–Crippen LogP) is -0.269. The van der Waals surface area contributed by atoms with Gasteiger partial charge in [0.2, 0.25) is 5.91 Å². The van der Waals surface area contributed by atoms with Crippen LogP contribution in [0.2, 0.25) is 0 Å². The SMILES string of the molecule is Cn1c(=O)n(C)c2cc(NC(=O)C3CCN(S(N)(=O)=O)CC3)ccc21. The molecule has 1 fully saturated rings. The first-order valence-electron chi connectivity index (χ1n) is 7.92. The van der Waals surface area contributed by atoms with Crippen molar-refractivity contribution in [1.29, 1.82) is 0 Å². The van der Waals surface area contributed by atoms with Crippen LogP contribution in [0.25, 0.3) is 11.0 Å². The number of anilines is 1. The largest absolute Gasteiger partial charge is 0.328 e. The van der Waals surface area contributed by atoms with Crippen molar-refractivity contribution in [3.05, 3.63) is 28.7 Å². The summed E-state index contributed by atoms with van der Waals surface area (Å²) in [7, 11) is -0.321. The maximum absolute atomic E-state index is 12.4. The standard InChI is InChI=1S/C15H21N5O4S/c1-18-12-4-3-11(9-13(12)19(2)15(18)22)17-14(21)10-5-7-20(8-6-10)25(16,23)24/h3-4,9-10H,5-8H2,1-2H3,(H,17,21)(H2,16,23,24). The van der Waals surface area contributed by atoms with Crippen LogP contribution in [0.4, 0.5) is 5.69 Å². The number of nitrogens with one attached hydrogen (secondary N) is 1. The first-order valence-corrected chi connectivity index (χ1v) is 9.43. The van der Waals surface area contributed by atoms with Crippen LogP contribution in [0.5, 0.6) is 0 Å². The van der Waals surface area contributed by atoms with Gasteiger partial charge in [-0.05, 0) is 31.0 Å². The molecule has 3 N–H and O–H groups in total. The van der Waals surface area contributed by atoms with E-state index in [9.17, 15) is 18.0 Å². The maximum atomic E-state index is 12.4. The fourth-order valence-corrected chi connectivity index (χ4v) is 3.92. The number of hydrogen-bond donors (Lipinski definition) is 2. The summed E-state index contributed by atoms with van der Waals surface area (Å²) < 4.78 is 26.9. The van der Waals surface area contributed by atoms with Crippen LogP contribution in [0.1, 0.15) is 12.8 Å². The summed E-state index contributed by atoms with van der Waals surface area (Å²) in [6, 6.07) is 5.29. The topological polar surface area (TPSA) is 119 Å². The minimum atomic E-state index is -3.70. The lowest BCUT2D eigenvalue weighted by Crippen LogP contribution is -2.44. The number of aromatic nitrogens is 2. The van der Waals surface area contributed by atoms with E-state index in [4.69, 9.17) is 5.14 Å². The Bertz CT molecular complexity index is 983. The second-order valence-electron chi connectivity index (χ2n) is 6.31. The van der Waals surface area contributed by atoms with E-state index < -0.39 is 10.2 Å². The number of carbonyl (C=O) groups is 1. The van der Waals surface area contributed by atoms with Gasteiger partial charge in [0.1, 0.15) is 0 Å². The van der Waals surface area contributed by atoms with Crippen molar-refractivity contribution in [2.24, 2.45) is 25.2 Å². The zero-order valence-corrected chi connectivity index (χ0v) is 14.9. The molecule has 3 rings (SSSR count). The normalized spacial score (nSPS) is 17.1. The summed E-state index contributed by atoms with van der Waals surface area (Å²) in [5, 5.41) is 7.95. The number of nitrogens with two attached hydrogens (primary N) is 1. The Hall–Kier alpha value is -2.17. The summed E-state index contributed by atoms with van der Waals surface area (Å²) in [4.78, 5) is 24.4. The number of fused-ring (bicyclic) bond motifs is 1. The van der Waals surface area contributed by atoms with Gasteiger partial charge in [0.25, 0.3) is 10.2 Å². The molecule has 10 heteroatoms. The lowest BCUT2D eigenvalue weighted by molar-refractivity contribution is -0.120. The Morgan fingerprint density at radius 3 is 2.36 bits per heavy atom. The van der Waals surface area contributed by atoms with Crippen molar-refractivity contribution in [2.75, 3.05) is 18.4 Å². The number of nitrogens with zero attached hydrogens (tertiary/aromatic N) is 3. The number of benzene rings is 1. The van der Waals surface area contributed by atoms with Gasteiger partial charge in [-0.25, -0.2) is 9.93 Å². The molecule has 1 aromatic heterocycles. The highest BCUT2D eigenvalue weighted by Crippen LogP contribution is 2.22. The van der Waals surface area contributed by atoms with Crippen LogP contribution in [-0.4, -0.2) is 40.9 Å². The minimum Gasteiger partial charge on any atom is -0.326 e. The Morgan fingerprint density at radius 1 is 1.16 bits per heavy atom. The highest BCUT2D eigenvalue weighted by molar-refractivity contribution is 7.86. The smallest absolute Gasteiger partial charge is 0.326 e. The van der Waals surface area contributed by atoms with Gasteiger partial charge in [0, 0.05) is 38.8 Å². The van der Waals surface area contributed by atoms with E-state index in [0.717, 1.165) is 11.0 Å². The molecule has 0 spiro atoms. The first kappa shape index (κ1) is 17.6. The summed E-state index contributed by atoms with van der Waals surface area (Å²) in [6.45, 7) is 0.478. The molecule has 9 nitrogen and oxygen atoms in total. The van der Waals surface area contributed by atoms with E-state index in [2.05, 4.69) is 5.32 Å². The van der Waals surface area contributed by atoms with Gasteiger partial charge < -0.3 is 5.32 Å². The third kappa shape index (κ3) is 3.32. The third-order valence-electron chi connectivity index (χ3n) is 4.72. The molecule has 0 bridgehead atoms. The number of aryl methyl sites for hydroxylation is 2. The molecule has 0 unspecified atom stereocenters. The molecule has 0 radical (unpaired) electrons. The second-order valence-corrected chi connectivity index (χ2v) is 7.86. The quantitative estimate of drug-likeness (QED) is 0.776. The van der Waals surface area contributed by atoms with Gasteiger partial charge >= 0.3 is 5.69 Å². The highest BCUT2D eigenvalue weighted by Gasteiger charge is 2.29. The van der Waals surface area contributed by atoms with Crippen LogP contribution in [0.3, 0.4) is 0 Å². The number of amides is 1. The Morgan fingerprint density at radius 2 is 1.76 bits per heavy atom. The molecule has 0 aliphatic carbocycles. The molecule has 25 heavy (non-hydrogen) atoms. The van der Waals surface area contributed by atoms with Crippen molar-refractivity contribution in [1.82, 2.24) is 13.4 Å². The van der Waals surface area contributed by atoms with Gasteiger partial charge in [-0.3, -0.25) is 13.9 Å². The zero-order valence-electron chi connectivity index (χ0n) is 14.1. The molecule has 2 heterocycles. The first-order chi connectivity index (χ1) is 11.7. The van der Waals surface area contributed by atoms with Crippen molar-refractivity contribution < 1.29 is 13.2 Å². The molecular weight excluding hydrogens is 346 g/mol. The molecule has 1 aromatic carbocycles. The monoisotopic (exact) mass is 367 g/mol. The van der Waals surface area contributed by atoms with Gasteiger partial charge in [-0.2, -0.15) is 12.7 Å². The van der Waals surface area contributed by atoms with Crippen LogP contribution in [0.15, 0.2) is 23.0 Å². The molecule has 0 saturated carbocycles. The van der Waals surface area contributed by atoms with E-state index in [1.54, 1.807) is 36.9 Å². The van der Waals surface area contributed by atoms with E-state index in [1.165, 1.54) is 8.87 Å². The third-order valence-corrected chi connectivity index (χ3v) is 5.81. The van der Waals surface area contributed by atoms with Gasteiger partial charge in [-0.1, -0.05) is 0 Å². The fraction of sp³-hybridized carbons (Fsp3) is 0.467. The molecule has 0 atom stereocenters. The molecule has 1 aliphatic rings. The van der Waals surface area contributed by atoms with Gasteiger partial charge in [0.15, 0.2) is 0 Å². The summed E-state index contributed by atoms with van der Waals surface area (Å²) in [5.41, 5.74) is 1.99. The van der Waals surface area contributed by atoms with E-state index in [-0.39, 0.29) is 30.6 Å². The average molecular weight is 367 g/mol. The van der Waals surface area contributed by atoms with E-state index in [1.807, 2.05) is 0 Å². The van der Waals surface area contributed by atoms with Crippen LogP contribution in [-0.2, 0) is 29.1 Å². The van der Waals surface area contributed by atoms with Gasteiger partial charge in [-0.15, -0.1) is 0 Å². The summed E-state index contributed by atoms with van der Waals surface area (Å²) in [5.74, 6) is -0.428. The number of piperidine rings is 1. The minimum absolute atomic E-state index is 0.131. The number of hydrogen-bond acceptors (Lipinski definition) is 4. The fourth-order valence-electron chi connectivity index (χ4n) is 3.20. The number of rotatable bonds is 3. The lowest BCUT2D eigenvalue weighted by atomic mass is 9.97. The molecule has 1 amide bonds. The van der Waals surface area contributed by atoms with Crippen LogP contribution < -0.4 is 16.1 Å². The average Bonchev–Trinajstić information content (AvgIpc) is 2.78. The molecule has 136 valence electrons. The predicted molar refractivity (Wildman–Crippen MR) is 94.2 cm³/mol. The summed E-state index contributed by atoms with van der Waals surface area (Å²) >= 11 is 0. The Balaban J connectivity index is 1.73. The number of imidazole rings is 1. The van der Waals surface area contributed by atoms with E-state index in [0.29, 0.717) is 18.5 Å². The van der Waals surface area contributed by atoms with Gasteiger partial charge in [0.05, 0.1) is 11.0 Å². The molecule has 2 aromatic rings. The van der Waals surface area contributed by atoms with Crippen molar-refractivity contribution in [3.8, 4) is 0 Å².